The molecule has 0 aromatic heterocycles. The molecule has 0 unspecified atom stereocenters. The minimum atomic E-state index is -1.63. The molecule has 0 aliphatic rings. The highest BCUT2D eigenvalue weighted by molar-refractivity contribution is 8.93. The lowest BCUT2D eigenvalue weighted by molar-refractivity contribution is -0.00000511. The summed E-state index contributed by atoms with van der Waals surface area (Å²) in [7, 11) is -1.63. The Hall–Kier alpha value is -0.990. The van der Waals surface area contributed by atoms with Crippen molar-refractivity contribution in [2.75, 3.05) is 19.3 Å². The van der Waals surface area contributed by atoms with Gasteiger partial charge >= 0.3 is 0 Å². The van der Waals surface area contributed by atoms with Gasteiger partial charge in [-0.15, -0.1) is 17.0 Å². The van der Waals surface area contributed by atoms with E-state index in [1.165, 1.54) is 28.5 Å². The molecule has 0 radical (unpaired) electrons. The summed E-state index contributed by atoms with van der Waals surface area (Å²) >= 11 is 0. The van der Waals surface area contributed by atoms with E-state index in [0.29, 0.717) is 0 Å². The molecule has 27 heavy (non-hydrogen) atoms. The Bertz CT molecular complexity index is 654. The second-order valence-corrected chi connectivity index (χ2v) is 9.86. The minimum Gasteiger partial charge on any atom is -1.00 e. The van der Waals surface area contributed by atoms with Gasteiger partial charge in [0.15, 0.2) is 0 Å². The van der Waals surface area contributed by atoms with Crippen LogP contribution in [0.25, 0.3) is 0 Å². The number of hydrogen-bond donors (Lipinski definition) is 1. The SMILES string of the molecule is Br.CCNCCC[P+](c1ccccc1)(c1ccccc1)c1ccccc1.[Br-]. The quantitative estimate of drug-likeness (QED) is 0.360. The zero-order chi connectivity index (χ0) is 17.4. The third-order valence-corrected chi connectivity index (χ3v) is 9.21. The zero-order valence-electron chi connectivity index (χ0n) is 15.7. The van der Waals surface area contributed by atoms with E-state index in [2.05, 4.69) is 103 Å². The van der Waals surface area contributed by atoms with Crippen LogP contribution in [0.1, 0.15) is 13.3 Å². The molecular weight excluding hydrogens is 481 g/mol. The molecule has 144 valence electrons. The van der Waals surface area contributed by atoms with Gasteiger partial charge in [-0.3, -0.25) is 0 Å². The van der Waals surface area contributed by atoms with Crippen molar-refractivity contribution in [2.24, 2.45) is 0 Å². The Morgan fingerprint density at radius 3 is 1.37 bits per heavy atom. The van der Waals surface area contributed by atoms with Crippen LogP contribution < -0.4 is 38.2 Å². The molecule has 4 heteroatoms. The van der Waals surface area contributed by atoms with E-state index in [-0.39, 0.29) is 34.0 Å². The summed E-state index contributed by atoms with van der Waals surface area (Å²) < 4.78 is 0. The lowest BCUT2D eigenvalue weighted by Gasteiger charge is -2.27. The fourth-order valence-corrected chi connectivity index (χ4v) is 7.84. The van der Waals surface area contributed by atoms with Gasteiger partial charge in [-0.2, -0.15) is 0 Å². The predicted molar refractivity (Wildman–Crippen MR) is 123 cm³/mol. The van der Waals surface area contributed by atoms with Crippen molar-refractivity contribution in [3.05, 3.63) is 91.0 Å². The molecule has 3 rings (SSSR count). The Balaban J connectivity index is 0.00000182. The summed E-state index contributed by atoms with van der Waals surface area (Å²) in [5.41, 5.74) is 0. The highest BCUT2D eigenvalue weighted by Gasteiger charge is 2.44. The monoisotopic (exact) mass is 507 g/mol. The normalized spacial score (nSPS) is 10.6. The van der Waals surface area contributed by atoms with Gasteiger partial charge in [0.1, 0.15) is 23.2 Å². The molecule has 1 N–H and O–H groups in total. The van der Waals surface area contributed by atoms with Gasteiger partial charge in [0.05, 0.1) is 6.16 Å². The topological polar surface area (TPSA) is 12.0 Å². The standard InChI is InChI=1S/C23H27NP.2BrH/c1-2-24-19-12-20-25(21-13-6-3-7-14-21,22-15-8-4-9-16-22)23-17-10-5-11-18-23;;/h3-11,13-18,24H,2,12,19-20H2,1H3;2*1H/q+1;;/p-1. The Morgan fingerprint density at radius 1 is 0.667 bits per heavy atom. The predicted octanol–water partition coefficient (Wildman–Crippen LogP) is 1.56. The van der Waals surface area contributed by atoms with E-state index >= 15 is 0 Å². The third kappa shape index (κ3) is 5.74. The van der Waals surface area contributed by atoms with Crippen LogP contribution in [0, 0.1) is 0 Å². The fourth-order valence-electron chi connectivity index (χ4n) is 3.50. The zero-order valence-corrected chi connectivity index (χ0v) is 19.9. The first kappa shape index (κ1) is 24.0. The van der Waals surface area contributed by atoms with Crippen LogP contribution >= 0.6 is 24.2 Å². The van der Waals surface area contributed by atoms with E-state index in [1.807, 2.05) is 0 Å². The van der Waals surface area contributed by atoms with Crippen LogP contribution in [0.3, 0.4) is 0 Å². The molecule has 1 nitrogen and oxygen atoms in total. The second-order valence-electron chi connectivity index (χ2n) is 6.25. The Kier molecular flexibility index (Phi) is 11.1. The first-order valence-corrected chi connectivity index (χ1v) is 11.1. The van der Waals surface area contributed by atoms with E-state index in [0.717, 1.165) is 13.1 Å². The molecule has 0 aliphatic carbocycles. The highest BCUT2D eigenvalue weighted by atomic mass is 79.9. The lowest BCUT2D eigenvalue weighted by atomic mass is 10.3. The Labute approximate surface area is 185 Å². The summed E-state index contributed by atoms with van der Waals surface area (Å²) in [5.74, 6) is 0. The molecule has 0 aliphatic heterocycles. The van der Waals surface area contributed by atoms with Gasteiger partial charge in [0.2, 0.25) is 0 Å². The van der Waals surface area contributed by atoms with Crippen molar-refractivity contribution in [2.45, 2.75) is 13.3 Å². The van der Waals surface area contributed by atoms with Crippen LogP contribution in [0.5, 0.6) is 0 Å². The lowest BCUT2D eigenvalue weighted by Crippen LogP contribution is -3.00. The van der Waals surface area contributed by atoms with Crippen molar-refractivity contribution in [3.63, 3.8) is 0 Å². The van der Waals surface area contributed by atoms with Crippen molar-refractivity contribution in [1.29, 1.82) is 0 Å². The van der Waals surface area contributed by atoms with Gasteiger partial charge in [0, 0.05) is 0 Å². The van der Waals surface area contributed by atoms with Gasteiger partial charge in [-0.1, -0.05) is 61.5 Å². The Morgan fingerprint density at radius 2 is 1.04 bits per heavy atom. The average Bonchev–Trinajstić information content (AvgIpc) is 2.70. The maximum absolute atomic E-state index is 3.49. The van der Waals surface area contributed by atoms with Crippen LogP contribution in [0.4, 0.5) is 0 Å². The molecular formula is C23H28Br2NP. The number of rotatable bonds is 8. The number of hydrogen-bond acceptors (Lipinski definition) is 1. The molecule has 0 bridgehead atoms. The number of halogens is 2. The smallest absolute Gasteiger partial charge is 0.112 e. The molecule has 3 aromatic rings. The first-order valence-electron chi connectivity index (χ1n) is 9.13. The molecule has 0 saturated carbocycles. The van der Waals surface area contributed by atoms with Crippen molar-refractivity contribution in [3.8, 4) is 0 Å². The van der Waals surface area contributed by atoms with E-state index < -0.39 is 7.26 Å². The van der Waals surface area contributed by atoms with Crippen molar-refractivity contribution >= 4 is 40.2 Å². The highest BCUT2D eigenvalue weighted by Crippen LogP contribution is 2.55. The van der Waals surface area contributed by atoms with E-state index in [9.17, 15) is 0 Å². The van der Waals surface area contributed by atoms with Gasteiger partial charge < -0.3 is 22.3 Å². The summed E-state index contributed by atoms with van der Waals surface area (Å²) in [6.45, 7) is 4.28. The van der Waals surface area contributed by atoms with Crippen LogP contribution in [0.2, 0.25) is 0 Å². The average molecular weight is 509 g/mol. The van der Waals surface area contributed by atoms with E-state index in [4.69, 9.17) is 0 Å². The molecule has 0 fully saturated rings. The van der Waals surface area contributed by atoms with Gasteiger partial charge in [-0.05, 0) is 55.9 Å². The summed E-state index contributed by atoms with van der Waals surface area (Å²) in [5, 5.41) is 7.92. The fraction of sp³-hybridized carbons (Fsp3) is 0.217. The van der Waals surface area contributed by atoms with Crippen molar-refractivity contribution in [1.82, 2.24) is 5.32 Å². The van der Waals surface area contributed by atoms with Gasteiger partial charge in [0.25, 0.3) is 0 Å². The summed E-state index contributed by atoms with van der Waals surface area (Å²) in [6.07, 6.45) is 2.37. The maximum atomic E-state index is 3.49. The molecule has 0 amide bonds. The second kappa shape index (κ2) is 12.5. The van der Waals surface area contributed by atoms with E-state index in [1.54, 1.807) is 0 Å². The number of benzene rings is 3. The van der Waals surface area contributed by atoms with Crippen LogP contribution in [0.15, 0.2) is 91.0 Å². The number of nitrogens with one attached hydrogen (secondary N) is 1. The molecule has 0 spiro atoms. The summed E-state index contributed by atoms with van der Waals surface area (Å²) in [4.78, 5) is 0. The molecule has 0 saturated heterocycles. The van der Waals surface area contributed by atoms with Crippen LogP contribution in [-0.2, 0) is 0 Å². The summed E-state index contributed by atoms with van der Waals surface area (Å²) in [6, 6.07) is 33.4. The molecule has 3 aromatic carbocycles. The third-order valence-electron chi connectivity index (χ3n) is 4.69. The largest absolute Gasteiger partial charge is 1.00 e. The van der Waals surface area contributed by atoms with Crippen LogP contribution in [-0.4, -0.2) is 19.3 Å². The maximum Gasteiger partial charge on any atom is 0.112 e. The van der Waals surface area contributed by atoms with Gasteiger partial charge in [-0.25, -0.2) is 0 Å². The first-order chi connectivity index (χ1) is 12.4. The molecule has 0 atom stereocenters. The molecule has 0 heterocycles. The minimum absolute atomic E-state index is 0. The van der Waals surface area contributed by atoms with Crippen molar-refractivity contribution < 1.29 is 17.0 Å².